The molecule has 3 amide bonds. The van der Waals surface area contributed by atoms with Crippen LogP contribution in [0, 0.1) is 0 Å². The number of rotatable bonds is 9. The van der Waals surface area contributed by atoms with Gasteiger partial charge in [-0.2, -0.15) is 0 Å². The van der Waals surface area contributed by atoms with Crippen molar-refractivity contribution in [1.29, 1.82) is 0 Å². The normalized spacial score (nSPS) is 19.6. The zero-order chi connectivity index (χ0) is 23.8. The van der Waals surface area contributed by atoms with Crippen molar-refractivity contribution in [3.8, 4) is 0 Å². The van der Waals surface area contributed by atoms with Gasteiger partial charge in [-0.1, -0.05) is 6.42 Å². The minimum atomic E-state index is -0.655. The molecule has 2 fully saturated rings. The summed E-state index contributed by atoms with van der Waals surface area (Å²) in [6.45, 7) is 6.02. The van der Waals surface area contributed by atoms with Crippen molar-refractivity contribution in [3.63, 3.8) is 0 Å². The Morgan fingerprint density at radius 2 is 1.75 bits per heavy atom. The van der Waals surface area contributed by atoms with Crippen LogP contribution in [0.5, 0.6) is 0 Å². The minimum absolute atomic E-state index is 0.163. The second-order valence-corrected chi connectivity index (χ2v) is 12.1. The van der Waals surface area contributed by atoms with Crippen molar-refractivity contribution in [3.05, 3.63) is 0 Å². The molecule has 0 unspecified atom stereocenters. The lowest BCUT2D eigenvalue weighted by atomic mass is 10.1. The van der Waals surface area contributed by atoms with Gasteiger partial charge in [0.05, 0.1) is 11.2 Å². The number of hydrogen-bond donors (Lipinski definition) is 2. The fourth-order valence-corrected chi connectivity index (χ4v) is 6.86. The summed E-state index contributed by atoms with van der Waals surface area (Å²) in [6.07, 6.45) is 2.57. The van der Waals surface area contributed by atoms with Crippen molar-refractivity contribution in [2.45, 2.75) is 68.6 Å². The predicted octanol–water partition coefficient (Wildman–Crippen LogP) is 2.14. The molecule has 2 aliphatic heterocycles. The number of methoxy groups -OCH3 is 1. The summed E-state index contributed by atoms with van der Waals surface area (Å²) in [7, 11) is 1.37. The van der Waals surface area contributed by atoms with E-state index in [1.807, 2.05) is 0 Å². The van der Waals surface area contributed by atoms with Gasteiger partial charge >= 0.3 is 12.1 Å². The van der Waals surface area contributed by atoms with E-state index in [0.29, 0.717) is 32.4 Å². The predicted molar refractivity (Wildman–Crippen MR) is 125 cm³/mol. The molecule has 0 saturated carbocycles. The minimum Gasteiger partial charge on any atom is -0.469 e. The highest BCUT2D eigenvalue weighted by atomic mass is 32.2. The molecule has 0 bridgehead atoms. The van der Waals surface area contributed by atoms with Gasteiger partial charge in [-0.05, 0) is 33.6 Å². The molecule has 11 heteroatoms. The van der Waals surface area contributed by atoms with E-state index in [0.717, 1.165) is 24.3 Å². The Morgan fingerprint density at radius 1 is 1.06 bits per heavy atom. The second-order valence-electron chi connectivity index (χ2n) is 8.88. The SMILES string of the molecule is COC(=O)CCCCCNC(=O)[C@@H]1CC2(CN1C(=O)CNC(=O)OC(C)(C)C)SCCS2. The molecule has 2 aliphatic rings. The summed E-state index contributed by atoms with van der Waals surface area (Å²) in [5.41, 5.74) is -0.652. The number of nitrogens with one attached hydrogen (secondary N) is 2. The van der Waals surface area contributed by atoms with Gasteiger partial charge in [0.15, 0.2) is 0 Å². The maximum absolute atomic E-state index is 12.9. The molecule has 0 aromatic carbocycles. The second kappa shape index (κ2) is 12.0. The van der Waals surface area contributed by atoms with Crippen molar-refractivity contribution < 1.29 is 28.7 Å². The highest BCUT2D eigenvalue weighted by Gasteiger charge is 2.51. The molecule has 32 heavy (non-hydrogen) atoms. The van der Waals surface area contributed by atoms with Gasteiger partial charge in [-0.15, -0.1) is 23.5 Å². The van der Waals surface area contributed by atoms with Crippen LogP contribution >= 0.6 is 23.5 Å². The zero-order valence-corrected chi connectivity index (χ0v) is 21.0. The van der Waals surface area contributed by atoms with E-state index in [2.05, 4.69) is 15.4 Å². The molecule has 9 nitrogen and oxygen atoms in total. The first-order chi connectivity index (χ1) is 15.1. The van der Waals surface area contributed by atoms with Gasteiger partial charge in [0.2, 0.25) is 11.8 Å². The first-order valence-corrected chi connectivity index (χ1v) is 12.9. The third-order valence-electron chi connectivity index (χ3n) is 5.10. The summed E-state index contributed by atoms with van der Waals surface area (Å²) in [5, 5.41) is 5.43. The molecule has 0 aromatic heterocycles. The zero-order valence-electron chi connectivity index (χ0n) is 19.4. The standard InChI is InChI=1S/C21H35N3O6S2/c1-20(2,3)30-19(28)23-13-16(25)24-14-21(31-10-11-32-21)12-15(24)18(27)22-9-7-5-6-8-17(26)29-4/h15H,5-14H2,1-4H3,(H,22,27)(H,23,28)/t15-/m0/s1. The fraction of sp³-hybridized carbons (Fsp3) is 0.810. The number of hydrogen-bond acceptors (Lipinski definition) is 8. The highest BCUT2D eigenvalue weighted by Crippen LogP contribution is 2.51. The van der Waals surface area contributed by atoms with Crippen molar-refractivity contribution in [1.82, 2.24) is 15.5 Å². The molecule has 2 N–H and O–H groups in total. The number of ether oxygens (including phenoxy) is 2. The van der Waals surface area contributed by atoms with E-state index >= 15 is 0 Å². The summed E-state index contributed by atoms with van der Waals surface area (Å²) in [5.74, 6) is 1.30. The van der Waals surface area contributed by atoms with Crippen LogP contribution < -0.4 is 10.6 Å². The van der Waals surface area contributed by atoms with Crippen molar-refractivity contribution >= 4 is 47.4 Å². The van der Waals surface area contributed by atoms with Gasteiger partial charge in [-0.3, -0.25) is 14.4 Å². The maximum atomic E-state index is 12.9. The van der Waals surface area contributed by atoms with Crippen LogP contribution in [0.1, 0.15) is 52.9 Å². The van der Waals surface area contributed by atoms with E-state index in [1.165, 1.54) is 7.11 Å². The lowest BCUT2D eigenvalue weighted by molar-refractivity contribution is -0.140. The fourth-order valence-electron chi connectivity index (χ4n) is 3.61. The average Bonchev–Trinajstić information content (AvgIpc) is 3.34. The van der Waals surface area contributed by atoms with Gasteiger partial charge in [0, 0.05) is 37.4 Å². The van der Waals surface area contributed by atoms with Gasteiger partial charge in [0.25, 0.3) is 0 Å². The van der Waals surface area contributed by atoms with E-state index in [-0.39, 0.29) is 28.4 Å². The third-order valence-corrected chi connectivity index (χ3v) is 8.52. The first kappa shape index (κ1) is 26.6. The Balaban J connectivity index is 1.86. The molecule has 2 saturated heterocycles. The Labute approximate surface area is 198 Å². The quantitative estimate of drug-likeness (QED) is 0.374. The Bertz CT molecular complexity index is 692. The van der Waals surface area contributed by atoms with Crippen LogP contribution in [0.4, 0.5) is 4.79 Å². The van der Waals surface area contributed by atoms with Crippen LogP contribution in [-0.4, -0.2) is 82.7 Å². The highest BCUT2D eigenvalue weighted by molar-refractivity contribution is 8.21. The van der Waals surface area contributed by atoms with Crippen LogP contribution in [0.3, 0.4) is 0 Å². The van der Waals surface area contributed by atoms with Gasteiger partial charge in [0.1, 0.15) is 18.2 Å². The number of alkyl carbamates (subject to hydrolysis) is 1. The number of amides is 3. The van der Waals surface area contributed by atoms with Crippen molar-refractivity contribution in [2.75, 3.05) is 38.2 Å². The molecule has 2 rings (SSSR count). The third kappa shape index (κ3) is 8.38. The smallest absolute Gasteiger partial charge is 0.408 e. The van der Waals surface area contributed by atoms with Crippen LogP contribution in [0.2, 0.25) is 0 Å². The molecule has 0 radical (unpaired) electrons. The number of esters is 1. The van der Waals surface area contributed by atoms with Gasteiger partial charge in [-0.25, -0.2) is 4.79 Å². The largest absolute Gasteiger partial charge is 0.469 e. The number of carbonyl (C=O) groups excluding carboxylic acids is 4. The molecule has 2 heterocycles. The lowest BCUT2D eigenvalue weighted by Crippen LogP contribution is -2.49. The Kier molecular flexibility index (Phi) is 10.00. The van der Waals surface area contributed by atoms with Crippen molar-refractivity contribution in [2.24, 2.45) is 0 Å². The summed E-state index contributed by atoms with van der Waals surface area (Å²) in [6, 6.07) is -0.559. The van der Waals surface area contributed by atoms with E-state index < -0.39 is 17.7 Å². The first-order valence-electron chi connectivity index (χ1n) is 10.9. The molecule has 182 valence electrons. The Morgan fingerprint density at radius 3 is 2.38 bits per heavy atom. The maximum Gasteiger partial charge on any atom is 0.408 e. The van der Waals surface area contributed by atoms with E-state index in [4.69, 9.17) is 4.74 Å². The lowest BCUT2D eigenvalue weighted by Gasteiger charge is -2.25. The van der Waals surface area contributed by atoms with Gasteiger partial charge < -0.3 is 25.0 Å². The number of thioether (sulfide) groups is 2. The van der Waals surface area contributed by atoms with Crippen LogP contribution in [0.25, 0.3) is 0 Å². The molecular formula is C21H35N3O6S2. The number of unbranched alkanes of at least 4 members (excludes halogenated alkanes) is 2. The van der Waals surface area contributed by atoms with Crippen LogP contribution in [0.15, 0.2) is 0 Å². The number of nitrogens with zero attached hydrogens (tertiary/aromatic N) is 1. The molecule has 1 atom stereocenters. The molecule has 0 aliphatic carbocycles. The monoisotopic (exact) mass is 489 g/mol. The summed E-state index contributed by atoms with van der Waals surface area (Å²) < 4.78 is 9.64. The molecular weight excluding hydrogens is 454 g/mol. The average molecular weight is 490 g/mol. The Hall–Kier alpha value is -1.62. The summed E-state index contributed by atoms with van der Waals surface area (Å²) >= 11 is 3.60. The molecule has 0 aromatic rings. The van der Waals surface area contributed by atoms with E-state index in [9.17, 15) is 19.2 Å². The molecule has 1 spiro atoms. The topological polar surface area (TPSA) is 114 Å². The van der Waals surface area contributed by atoms with E-state index in [1.54, 1.807) is 49.2 Å². The number of likely N-dealkylation sites (tertiary alicyclic amines) is 1. The number of carbonyl (C=O) groups is 4. The summed E-state index contributed by atoms with van der Waals surface area (Å²) in [4.78, 5) is 50.4. The van der Waals surface area contributed by atoms with Crippen LogP contribution in [-0.2, 0) is 23.9 Å².